The van der Waals surface area contributed by atoms with Crippen LogP contribution in [0.15, 0.2) is 22.8 Å². The van der Waals surface area contributed by atoms with Crippen LogP contribution in [0.2, 0.25) is 0 Å². The predicted octanol–water partition coefficient (Wildman–Crippen LogP) is 2.00. The van der Waals surface area contributed by atoms with E-state index in [1.165, 1.54) is 6.26 Å². The molecule has 2 amide bonds. The molecule has 2 N–H and O–H groups in total. The van der Waals surface area contributed by atoms with E-state index in [0.717, 1.165) is 12.8 Å². The summed E-state index contributed by atoms with van der Waals surface area (Å²) in [6.07, 6.45) is 3.96. The number of likely N-dealkylation sites (tertiary alicyclic amines) is 1. The van der Waals surface area contributed by atoms with E-state index in [4.69, 9.17) is 4.42 Å². The SMILES string of the molecule is CCCC(=O)N1CCCC1C(=O)NC(C)CC(O)c1ccco1. The molecule has 1 saturated heterocycles. The van der Waals surface area contributed by atoms with E-state index in [1.54, 1.807) is 17.0 Å². The number of rotatable bonds is 7. The Balaban J connectivity index is 1.86. The second kappa shape index (κ2) is 8.15. The number of hydrogen-bond donors (Lipinski definition) is 2. The Morgan fingerprint density at radius 2 is 2.30 bits per heavy atom. The highest BCUT2D eigenvalue weighted by molar-refractivity contribution is 5.88. The number of carbonyl (C=O) groups is 2. The zero-order chi connectivity index (χ0) is 16.8. The molecule has 1 aliphatic heterocycles. The molecule has 0 saturated carbocycles. The zero-order valence-electron chi connectivity index (χ0n) is 13.8. The monoisotopic (exact) mass is 322 g/mol. The van der Waals surface area contributed by atoms with Gasteiger partial charge in [0.05, 0.1) is 6.26 Å². The van der Waals surface area contributed by atoms with E-state index >= 15 is 0 Å². The van der Waals surface area contributed by atoms with Crippen LogP contribution in [-0.2, 0) is 9.59 Å². The van der Waals surface area contributed by atoms with Gasteiger partial charge in [-0.15, -0.1) is 0 Å². The molecule has 1 aliphatic rings. The summed E-state index contributed by atoms with van der Waals surface area (Å²) in [5.41, 5.74) is 0. The molecular weight excluding hydrogens is 296 g/mol. The Morgan fingerprint density at radius 3 is 2.96 bits per heavy atom. The van der Waals surface area contributed by atoms with Gasteiger partial charge in [0, 0.05) is 25.4 Å². The second-order valence-corrected chi connectivity index (χ2v) is 6.17. The van der Waals surface area contributed by atoms with E-state index in [0.29, 0.717) is 31.6 Å². The van der Waals surface area contributed by atoms with Gasteiger partial charge >= 0.3 is 0 Å². The highest BCUT2D eigenvalue weighted by Crippen LogP contribution is 2.21. The van der Waals surface area contributed by atoms with Gasteiger partial charge in [-0.25, -0.2) is 0 Å². The minimum atomic E-state index is -0.748. The molecule has 0 radical (unpaired) electrons. The molecule has 1 aromatic rings. The highest BCUT2D eigenvalue weighted by atomic mass is 16.4. The van der Waals surface area contributed by atoms with Gasteiger partial charge in [-0.1, -0.05) is 6.92 Å². The number of hydrogen-bond acceptors (Lipinski definition) is 4. The van der Waals surface area contributed by atoms with Crippen LogP contribution in [0, 0.1) is 0 Å². The first-order valence-electron chi connectivity index (χ1n) is 8.34. The van der Waals surface area contributed by atoms with E-state index < -0.39 is 6.10 Å². The summed E-state index contributed by atoms with van der Waals surface area (Å²) < 4.78 is 5.16. The maximum atomic E-state index is 12.4. The molecule has 3 unspecified atom stereocenters. The quantitative estimate of drug-likeness (QED) is 0.804. The maximum absolute atomic E-state index is 12.4. The molecular formula is C17H26N2O4. The number of aliphatic hydroxyl groups excluding tert-OH is 1. The molecule has 0 bridgehead atoms. The molecule has 128 valence electrons. The van der Waals surface area contributed by atoms with Gasteiger partial charge < -0.3 is 19.7 Å². The minimum Gasteiger partial charge on any atom is -0.467 e. The highest BCUT2D eigenvalue weighted by Gasteiger charge is 2.34. The van der Waals surface area contributed by atoms with Crippen molar-refractivity contribution >= 4 is 11.8 Å². The van der Waals surface area contributed by atoms with E-state index in [2.05, 4.69) is 5.32 Å². The number of amides is 2. The molecule has 0 aliphatic carbocycles. The average Bonchev–Trinajstić information content (AvgIpc) is 3.18. The van der Waals surface area contributed by atoms with Crippen molar-refractivity contribution in [1.29, 1.82) is 0 Å². The third kappa shape index (κ3) is 4.58. The van der Waals surface area contributed by atoms with Crippen molar-refractivity contribution in [1.82, 2.24) is 10.2 Å². The van der Waals surface area contributed by atoms with Crippen LogP contribution in [-0.4, -0.2) is 40.4 Å². The lowest BCUT2D eigenvalue weighted by Gasteiger charge is -2.26. The molecule has 6 heteroatoms. The van der Waals surface area contributed by atoms with Crippen molar-refractivity contribution in [3.8, 4) is 0 Å². The first-order valence-corrected chi connectivity index (χ1v) is 8.34. The van der Waals surface area contributed by atoms with Gasteiger partial charge in [-0.2, -0.15) is 0 Å². The molecule has 2 rings (SSSR count). The van der Waals surface area contributed by atoms with Crippen LogP contribution in [0.25, 0.3) is 0 Å². The Hall–Kier alpha value is -1.82. The molecule has 0 spiro atoms. The van der Waals surface area contributed by atoms with Crippen LogP contribution in [0.4, 0.5) is 0 Å². The fraction of sp³-hybridized carbons (Fsp3) is 0.647. The topological polar surface area (TPSA) is 82.8 Å². The number of furan rings is 1. The fourth-order valence-electron chi connectivity index (χ4n) is 3.03. The van der Waals surface area contributed by atoms with Crippen LogP contribution >= 0.6 is 0 Å². The second-order valence-electron chi connectivity index (χ2n) is 6.17. The van der Waals surface area contributed by atoms with Gasteiger partial charge in [0.15, 0.2) is 0 Å². The van der Waals surface area contributed by atoms with E-state index in [1.807, 2.05) is 13.8 Å². The average molecular weight is 322 g/mol. The lowest BCUT2D eigenvalue weighted by molar-refractivity contribution is -0.138. The first kappa shape index (κ1) is 17.5. The lowest BCUT2D eigenvalue weighted by atomic mass is 10.1. The largest absolute Gasteiger partial charge is 0.467 e. The maximum Gasteiger partial charge on any atom is 0.243 e. The van der Waals surface area contributed by atoms with Crippen LogP contribution in [0.5, 0.6) is 0 Å². The summed E-state index contributed by atoms with van der Waals surface area (Å²) in [6, 6.07) is 2.85. The standard InChI is InChI=1S/C17H26N2O4/c1-3-6-16(21)19-9-4-7-13(19)17(22)18-12(2)11-14(20)15-8-5-10-23-15/h5,8,10,12-14,20H,3-4,6-7,9,11H2,1-2H3,(H,18,22). The molecule has 2 heterocycles. The van der Waals surface area contributed by atoms with Gasteiger partial charge in [0.2, 0.25) is 11.8 Å². The Morgan fingerprint density at radius 1 is 1.52 bits per heavy atom. The molecule has 6 nitrogen and oxygen atoms in total. The first-order chi connectivity index (χ1) is 11.0. The summed E-state index contributed by atoms with van der Waals surface area (Å²) in [4.78, 5) is 26.2. The third-order valence-electron chi connectivity index (χ3n) is 4.18. The number of carbonyl (C=O) groups excluding carboxylic acids is 2. The van der Waals surface area contributed by atoms with Gasteiger partial charge in [-0.3, -0.25) is 9.59 Å². The van der Waals surface area contributed by atoms with Crippen LogP contribution in [0.3, 0.4) is 0 Å². The van der Waals surface area contributed by atoms with Crippen LogP contribution in [0.1, 0.15) is 57.8 Å². The van der Waals surface area contributed by atoms with Crippen molar-refractivity contribution in [3.05, 3.63) is 24.2 Å². The predicted molar refractivity (Wildman–Crippen MR) is 85.5 cm³/mol. The number of nitrogens with one attached hydrogen (secondary N) is 1. The Bertz CT molecular complexity index is 515. The minimum absolute atomic E-state index is 0.0495. The smallest absolute Gasteiger partial charge is 0.243 e. The van der Waals surface area contributed by atoms with Gasteiger partial charge in [-0.05, 0) is 38.3 Å². The lowest BCUT2D eigenvalue weighted by Crippen LogP contribution is -2.48. The fourth-order valence-corrected chi connectivity index (χ4v) is 3.03. The Labute approximate surface area is 136 Å². The van der Waals surface area contributed by atoms with Crippen molar-refractivity contribution < 1.29 is 19.1 Å². The molecule has 1 fully saturated rings. The number of aliphatic hydroxyl groups is 1. The zero-order valence-corrected chi connectivity index (χ0v) is 13.8. The normalized spacial score (nSPS) is 20.3. The van der Waals surface area contributed by atoms with Gasteiger partial charge in [0.25, 0.3) is 0 Å². The summed E-state index contributed by atoms with van der Waals surface area (Å²) in [6.45, 7) is 4.46. The van der Waals surface area contributed by atoms with Crippen LogP contribution < -0.4 is 5.32 Å². The van der Waals surface area contributed by atoms with E-state index in [-0.39, 0.29) is 23.9 Å². The third-order valence-corrected chi connectivity index (χ3v) is 4.18. The summed E-state index contributed by atoms with van der Waals surface area (Å²) >= 11 is 0. The summed E-state index contributed by atoms with van der Waals surface area (Å²) in [5, 5.41) is 13.0. The number of nitrogens with zero attached hydrogens (tertiary/aromatic N) is 1. The van der Waals surface area contributed by atoms with E-state index in [9.17, 15) is 14.7 Å². The molecule has 23 heavy (non-hydrogen) atoms. The molecule has 3 atom stereocenters. The molecule has 0 aromatic carbocycles. The van der Waals surface area contributed by atoms with Crippen molar-refractivity contribution in [2.45, 2.75) is 64.1 Å². The summed E-state index contributed by atoms with van der Waals surface area (Å²) in [7, 11) is 0. The van der Waals surface area contributed by atoms with Crippen molar-refractivity contribution in [2.24, 2.45) is 0 Å². The van der Waals surface area contributed by atoms with Crippen molar-refractivity contribution in [3.63, 3.8) is 0 Å². The van der Waals surface area contributed by atoms with Crippen molar-refractivity contribution in [2.75, 3.05) is 6.54 Å². The van der Waals surface area contributed by atoms with Gasteiger partial charge in [0.1, 0.15) is 17.9 Å². The molecule has 1 aromatic heterocycles. The summed E-state index contributed by atoms with van der Waals surface area (Å²) in [5.74, 6) is 0.409. The Kier molecular flexibility index (Phi) is 6.21.